The molecule has 3 saturated heterocycles. The number of ether oxygens (including phenoxy) is 1. The zero-order chi connectivity index (χ0) is 30.7. The highest BCUT2D eigenvalue weighted by Gasteiger charge is 2.74. The SMILES string of the molecule is C=CCN(Cc1ccccc1)C(=O)[C@@H]1[C@@H]2CCC3(O2)C(C(=O)N(CC=C)c2c(C)cccc2Cl)N(CCCCO)C(=O)[C@H]13. The molecule has 8 nitrogen and oxygen atoms in total. The van der Waals surface area contributed by atoms with Crippen LogP contribution >= 0.6 is 11.6 Å². The predicted octanol–water partition coefficient (Wildman–Crippen LogP) is 4.53. The first kappa shape index (κ1) is 31.0. The van der Waals surface area contributed by atoms with Crippen LogP contribution in [0.1, 0.15) is 36.8 Å². The number of carbonyl (C=O) groups excluding carboxylic acids is 3. The number of amides is 3. The maximum absolute atomic E-state index is 14.7. The molecule has 0 saturated carbocycles. The quantitative estimate of drug-likeness (QED) is 0.268. The molecule has 9 heteroatoms. The van der Waals surface area contributed by atoms with Gasteiger partial charge in [-0.2, -0.15) is 0 Å². The van der Waals surface area contributed by atoms with Gasteiger partial charge in [0, 0.05) is 32.8 Å². The van der Waals surface area contributed by atoms with E-state index in [2.05, 4.69) is 13.2 Å². The van der Waals surface area contributed by atoms with Gasteiger partial charge in [-0.05, 0) is 49.8 Å². The van der Waals surface area contributed by atoms with Crippen LogP contribution in [0.15, 0.2) is 73.8 Å². The number of nitrogens with zero attached hydrogens (tertiary/aromatic N) is 3. The van der Waals surface area contributed by atoms with Crippen LogP contribution in [-0.4, -0.2) is 76.6 Å². The number of hydrogen-bond donors (Lipinski definition) is 1. The van der Waals surface area contributed by atoms with Gasteiger partial charge < -0.3 is 24.5 Å². The summed E-state index contributed by atoms with van der Waals surface area (Å²) in [6, 6.07) is 14.2. The van der Waals surface area contributed by atoms with Crippen LogP contribution in [-0.2, 0) is 25.7 Å². The average Bonchev–Trinajstić information content (AvgIpc) is 3.64. The Kier molecular flexibility index (Phi) is 9.39. The molecule has 0 aromatic heterocycles. The van der Waals surface area contributed by atoms with Crippen molar-refractivity contribution in [1.29, 1.82) is 0 Å². The number of benzene rings is 2. The number of fused-ring (bicyclic) bond motifs is 1. The Labute approximate surface area is 258 Å². The molecule has 2 aromatic carbocycles. The molecule has 1 spiro atoms. The number of para-hydroxylation sites is 1. The van der Waals surface area contributed by atoms with Crippen LogP contribution in [0.4, 0.5) is 5.69 Å². The monoisotopic (exact) mass is 605 g/mol. The minimum Gasteiger partial charge on any atom is -0.396 e. The number of aryl methyl sites for hydroxylation is 1. The van der Waals surface area contributed by atoms with E-state index < -0.39 is 29.6 Å². The van der Waals surface area contributed by atoms with Crippen LogP contribution in [0.2, 0.25) is 5.02 Å². The van der Waals surface area contributed by atoms with Crippen molar-refractivity contribution < 1.29 is 24.2 Å². The van der Waals surface area contributed by atoms with Gasteiger partial charge in [-0.1, -0.05) is 66.2 Å². The first-order valence-electron chi connectivity index (χ1n) is 15.0. The number of aliphatic hydroxyl groups excluding tert-OH is 1. The normalized spacial score (nSPS) is 25.5. The molecular weight excluding hydrogens is 566 g/mol. The lowest BCUT2D eigenvalue weighted by Gasteiger charge is -2.37. The minimum absolute atomic E-state index is 0.0215. The molecule has 2 unspecified atom stereocenters. The van der Waals surface area contributed by atoms with E-state index in [4.69, 9.17) is 16.3 Å². The summed E-state index contributed by atoms with van der Waals surface area (Å²) < 4.78 is 6.67. The Hall–Kier alpha value is -3.46. The Morgan fingerprint density at radius 1 is 1.09 bits per heavy atom. The second kappa shape index (κ2) is 13.0. The summed E-state index contributed by atoms with van der Waals surface area (Å²) in [5, 5.41) is 9.90. The van der Waals surface area contributed by atoms with Crippen molar-refractivity contribution in [2.45, 2.75) is 56.9 Å². The Morgan fingerprint density at radius 3 is 2.51 bits per heavy atom. The molecule has 2 bridgehead atoms. The van der Waals surface area contributed by atoms with Crippen molar-refractivity contribution in [1.82, 2.24) is 9.80 Å². The molecule has 2 aromatic rings. The largest absolute Gasteiger partial charge is 0.396 e. The van der Waals surface area contributed by atoms with Crippen molar-refractivity contribution in [2.24, 2.45) is 11.8 Å². The van der Waals surface area contributed by atoms with Crippen molar-refractivity contribution in [3.8, 4) is 0 Å². The van der Waals surface area contributed by atoms with Crippen LogP contribution in [0.5, 0.6) is 0 Å². The fourth-order valence-electron chi connectivity index (χ4n) is 7.28. The number of likely N-dealkylation sites (tertiary alicyclic amines) is 1. The number of aliphatic hydroxyl groups is 1. The maximum Gasteiger partial charge on any atom is 0.253 e. The number of unbranched alkanes of at least 4 members (excludes halogenated alkanes) is 1. The van der Waals surface area contributed by atoms with Crippen molar-refractivity contribution in [3.63, 3.8) is 0 Å². The van der Waals surface area contributed by atoms with E-state index in [-0.39, 0.29) is 37.4 Å². The number of carbonyl (C=O) groups is 3. The lowest BCUT2D eigenvalue weighted by molar-refractivity contribution is -0.145. The topological polar surface area (TPSA) is 90.4 Å². The minimum atomic E-state index is -1.14. The standard InChI is InChI=1S/C34H40ClN3O5/c1-4-18-36(22-24-13-7-6-8-14-24)31(40)27-26-16-17-34(43-26)28(27)32(41)38(20-9-10-21-39)30(34)33(42)37(19-5-2)29-23(3)12-11-15-25(29)35/h4-8,11-15,26-28,30,39H,1-2,9-10,16-22H2,3H3/t26-,27+,28-,30?,34?/m0/s1. The Morgan fingerprint density at radius 2 is 1.84 bits per heavy atom. The van der Waals surface area contributed by atoms with Crippen molar-refractivity contribution >= 4 is 35.0 Å². The van der Waals surface area contributed by atoms with Crippen molar-refractivity contribution in [3.05, 3.63) is 90.0 Å². The molecule has 43 heavy (non-hydrogen) atoms. The number of halogens is 1. The lowest BCUT2D eigenvalue weighted by atomic mass is 9.70. The van der Waals surface area contributed by atoms with Gasteiger partial charge in [0.1, 0.15) is 11.6 Å². The van der Waals surface area contributed by atoms with Gasteiger partial charge in [-0.3, -0.25) is 14.4 Å². The smallest absolute Gasteiger partial charge is 0.253 e. The molecule has 3 amide bonds. The second-order valence-electron chi connectivity index (χ2n) is 11.7. The summed E-state index contributed by atoms with van der Waals surface area (Å²) in [5.41, 5.74) is 1.22. The summed E-state index contributed by atoms with van der Waals surface area (Å²) in [7, 11) is 0. The third-order valence-corrected chi connectivity index (χ3v) is 9.34. The van der Waals surface area contributed by atoms with Crippen molar-refractivity contribution in [2.75, 3.05) is 31.1 Å². The molecule has 3 heterocycles. The predicted molar refractivity (Wildman–Crippen MR) is 166 cm³/mol. The molecule has 0 aliphatic carbocycles. The highest BCUT2D eigenvalue weighted by molar-refractivity contribution is 6.34. The van der Waals surface area contributed by atoms with Gasteiger partial charge in [-0.15, -0.1) is 13.2 Å². The zero-order valence-corrected chi connectivity index (χ0v) is 25.4. The van der Waals surface area contributed by atoms with Gasteiger partial charge in [0.25, 0.3) is 5.91 Å². The first-order valence-corrected chi connectivity index (χ1v) is 15.4. The third kappa shape index (κ3) is 5.52. The summed E-state index contributed by atoms with van der Waals surface area (Å²) in [6.45, 7) is 10.8. The lowest BCUT2D eigenvalue weighted by Crippen LogP contribution is -2.56. The zero-order valence-electron chi connectivity index (χ0n) is 24.7. The van der Waals surface area contributed by atoms with Gasteiger partial charge in [0.15, 0.2) is 0 Å². The molecule has 0 radical (unpaired) electrons. The number of rotatable bonds is 13. The molecule has 3 fully saturated rings. The summed E-state index contributed by atoms with van der Waals surface area (Å²) >= 11 is 6.64. The molecule has 5 rings (SSSR count). The Balaban J connectivity index is 1.54. The van der Waals surface area contributed by atoms with Crippen LogP contribution < -0.4 is 4.90 Å². The molecular formula is C34H40ClN3O5. The van der Waals surface area contributed by atoms with E-state index in [1.165, 1.54) is 0 Å². The van der Waals surface area contributed by atoms with E-state index in [1.54, 1.807) is 32.9 Å². The van der Waals surface area contributed by atoms with E-state index >= 15 is 0 Å². The molecule has 228 valence electrons. The van der Waals surface area contributed by atoms with E-state index in [0.717, 1.165) is 11.1 Å². The van der Waals surface area contributed by atoms with Crippen LogP contribution in [0.25, 0.3) is 0 Å². The summed E-state index contributed by atoms with van der Waals surface area (Å²) in [5.74, 6) is -2.22. The summed E-state index contributed by atoms with van der Waals surface area (Å²) in [6.07, 6.45) is 4.93. The molecule has 3 aliphatic heterocycles. The highest BCUT2D eigenvalue weighted by atomic mass is 35.5. The summed E-state index contributed by atoms with van der Waals surface area (Å²) in [4.78, 5) is 48.2. The highest BCUT2D eigenvalue weighted by Crippen LogP contribution is 2.59. The molecule has 5 atom stereocenters. The fourth-order valence-corrected chi connectivity index (χ4v) is 7.61. The molecule has 3 aliphatic rings. The van der Waals surface area contributed by atoms with Gasteiger partial charge in [0.05, 0.1) is 28.6 Å². The number of hydrogen-bond acceptors (Lipinski definition) is 5. The number of anilines is 1. The third-order valence-electron chi connectivity index (χ3n) is 9.04. The molecule has 1 N–H and O–H groups in total. The van der Waals surface area contributed by atoms with Crippen LogP contribution in [0.3, 0.4) is 0 Å². The van der Waals surface area contributed by atoms with Gasteiger partial charge >= 0.3 is 0 Å². The fraction of sp³-hybridized carbons (Fsp3) is 0.441. The van der Waals surface area contributed by atoms with Crippen LogP contribution in [0, 0.1) is 18.8 Å². The van der Waals surface area contributed by atoms with Gasteiger partial charge in [-0.25, -0.2) is 0 Å². The van der Waals surface area contributed by atoms with E-state index in [0.29, 0.717) is 49.5 Å². The van der Waals surface area contributed by atoms with Gasteiger partial charge in [0.2, 0.25) is 11.8 Å². The van der Waals surface area contributed by atoms with E-state index in [9.17, 15) is 19.5 Å². The maximum atomic E-state index is 14.7. The second-order valence-corrected chi connectivity index (χ2v) is 12.1. The first-order chi connectivity index (χ1) is 20.8. The average molecular weight is 606 g/mol. The Bertz CT molecular complexity index is 1360. The van der Waals surface area contributed by atoms with E-state index in [1.807, 2.05) is 49.4 Å².